The highest BCUT2D eigenvalue weighted by Crippen LogP contribution is 2.31. The Balaban J connectivity index is 0.000000541. The molecule has 1 fully saturated rings. The zero-order chi connectivity index (χ0) is 31.0. The fourth-order valence-electron chi connectivity index (χ4n) is 4.65. The number of carbonyl (C=O) groups is 2. The summed E-state index contributed by atoms with van der Waals surface area (Å²) in [6.07, 6.45) is -3.05. The molecule has 1 saturated heterocycles. The van der Waals surface area contributed by atoms with E-state index >= 15 is 0 Å². The highest BCUT2D eigenvalue weighted by Gasteiger charge is 2.38. The Morgan fingerprint density at radius 1 is 1.09 bits per heavy atom. The summed E-state index contributed by atoms with van der Waals surface area (Å²) in [5, 5.41) is 16.5. The Hall–Kier alpha value is -4.13. The van der Waals surface area contributed by atoms with Crippen LogP contribution in [0.2, 0.25) is 5.02 Å². The van der Waals surface area contributed by atoms with Gasteiger partial charge in [-0.15, -0.1) is 0 Å². The third-order valence-corrected chi connectivity index (χ3v) is 6.98. The number of methoxy groups -OCH3 is 1. The van der Waals surface area contributed by atoms with Crippen molar-refractivity contribution in [2.24, 2.45) is 0 Å². The largest absolute Gasteiger partial charge is 0.496 e. The number of hydrogen-bond donors (Lipinski definition) is 2. The Morgan fingerprint density at radius 3 is 2.49 bits per heavy atom. The van der Waals surface area contributed by atoms with Crippen molar-refractivity contribution in [3.8, 4) is 5.75 Å². The Bertz CT molecular complexity index is 1560. The topological polar surface area (TPSA) is 106 Å². The molecule has 1 atom stereocenters. The first-order valence-electron chi connectivity index (χ1n) is 13.3. The molecule has 4 aromatic rings. The monoisotopic (exact) mass is 618 g/mol. The maximum absolute atomic E-state index is 12.8. The molecule has 43 heavy (non-hydrogen) atoms. The van der Waals surface area contributed by atoms with Crippen LogP contribution in [0.1, 0.15) is 27.5 Å². The molecule has 0 bridgehead atoms. The molecule has 1 aliphatic rings. The first-order valence-corrected chi connectivity index (χ1v) is 13.7. The van der Waals surface area contributed by atoms with Crippen LogP contribution in [0.25, 0.3) is 10.9 Å². The number of aliphatic carboxylic acids is 1. The van der Waals surface area contributed by atoms with Gasteiger partial charge in [0.25, 0.3) is 5.91 Å². The van der Waals surface area contributed by atoms with E-state index in [1.165, 1.54) is 0 Å². The molecular formula is C30H30ClF3N4O5. The van der Waals surface area contributed by atoms with E-state index in [0.29, 0.717) is 36.9 Å². The summed E-state index contributed by atoms with van der Waals surface area (Å²) in [5.74, 6) is -2.04. The van der Waals surface area contributed by atoms with Crippen molar-refractivity contribution in [1.82, 2.24) is 20.0 Å². The number of halogens is 4. The Morgan fingerprint density at radius 2 is 1.81 bits per heavy atom. The van der Waals surface area contributed by atoms with Crippen LogP contribution >= 0.6 is 11.6 Å². The van der Waals surface area contributed by atoms with E-state index in [2.05, 4.69) is 16.3 Å². The minimum absolute atomic E-state index is 0.0832. The summed E-state index contributed by atoms with van der Waals surface area (Å²) < 4.78 is 45.0. The standard InChI is InChI=1S/C28H29ClN4O3.C2HF3O2/c1-35-27-8-3-2-7-24(27)26(32-11-13-36-14-12-32)19-33-18-22-10-9-21(16-25(22)31-33)28(34)30-17-20-5-4-6-23(29)15-20;3-2(4,5)1(6)7/h2-10,15-16,18,26H,11-14,17,19H2,1H3,(H,30,34);(H,6,7). The molecule has 1 aliphatic heterocycles. The zero-order valence-corrected chi connectivity index (χ0v) is 23.9. The van der Waals surface area contributed by atoms with Crippen LogP contribution in [0, 0.1) is 0 Å². The summed E-state index contributed by atoms with van der Waals surface area (Å²) in [5.41, 5.74) is 3.43. The fraction of sp³-hybridized carbons (Fsp3) is 0.300. The molecule has 228 valence electrons. The van der Waals surface area contributed by atoms with E-state index in [9.17, 15) is 18.0 Å². The molecular weight excluding hydrogens is 589 g/mol. The number of nitrogens with zero attached hydrogens (tertiary/aromatic N) is 3. The van der Waals surface area contributed by atoms with Gasteiger partial charge in [-0.3, -0.25) is 14.4 Å². The molecule has 2 heterocycles. The third kappa shape index (κ3) is 8.69. The maximum Gasteiger partial charge on any atom is 0.490 e. The number of alkyl halides is 3. The average Bonchev–Trinajstić information content (AvgIpc) is 3.41. The number of morpholine rings is 1. The second-order valence-corrected chi connectivity index (χ2v) is 10.1. The molecule has 13 heteroatoms. The number of carboxylic acids is 1. The van der Waals surface area contributed by atoms with Crippen LogP contribution in [-0.2, 0) is 22.6 Å². The van der Waals surface area contributed by atoms with Crippen molar-refractivity contribution in [3.05, 3.63) is 94.6 Å². The van der Waals surface area contributed by atoms with Gasteiger partial charge >= 0.3 is 12.1 Å². The first kappa shape index (κ1) is 31.8. The van der Waals surface area contributed by atoms with Crippen LogP contribution < -0.4 is 10.1 Å². The highest BCUT2D eigenvalue weighted by atomic mass is 35.5. The number of nitrogens with one attached hydrogen (secondary N) is 1. The number of amides is 1. The lowest BCUT2D eigenvalue weighted by molar-refractivity contribution is -0.192. The van der Waals surface area contributed by atoms with Crippen molar-refractivity contribution < 1.29 is 37.3 Å². The predicted octanol–water partition coefficient (Wildman–Crippen LogP) is 5.34. The highest BCUT2D eigenvalue weighted by molar-refractivity contribution is 6.30. The van der Waals surface area contributed by atoms with E-state index in [0.717, 1.165) is 40.9 Å². The number of hydrogen-bond acceptors (Lipinski definition) is 6. The number of carbonyl (C=O) groups excluding carboxylic acids is 1. The second kappa shape index (κ2) is 14.4. The normalized spacial score (nSPS) is 14.4. The minimum atomic E-state index is -5.08. The SMILES string of the molecule is COc1ccccc1C(Cn1cc2ccc(C(=O)NCc3cccc(Cl)c3)cc2n1)N1CCOCC1.O=C(O)C(F)(F)F. The number of carboxylic acid groups (broad SMARTS) is 1. The van der Waals surface area contributed by atoms with Gasteiger partial charge in [0.1, 0.15) is 5.75 Å². The predicted molar refractivity (Wildman–Crippen MR) is 154 cm³/mol. The molecule has 2 N–H and O–H groups in total. The average molecular weight is 619 g/mol. The van der Waals surface area contributed by atoms with Gasteiger partial charge in [-0.2, -0.15) is 18.3 Å². The molecule has 0 aliphatic carbocycles. The number of rotatable bonds is 8. The van der Waals surface area contributed by atoms with Gasteiger partial charge in [-0.05, 0) is 35.9 Å². The van der Waals surface area contributed by atoms with Crippen molar-refractivity contribution in [3.63, 3.8) is 0 Å². The van der Waals surface area contributed by atoms with Gasteiger partial charge in [-0.1, -0.05) is 48.0 Å². The van der Waals surface area contributed by atoms with Crippen LogP contribution in [0.4, 0.5) is 13.2 Å². The summed E-state index contributed by atoms with van der Waals surface area (Å²) in [7, 11) is 1.70. The molecule has 9 nitrogen and oxygen atoms in total. The molecule has 3 aromatic carbocycles. The fourth-order valence-corrected chi connectivity index (χ4v) is 4.86. The second-order valence-electron chi connectivity index (χ2n) is 9.65. The lowest BCUT2D eigenvalue weighted by atomic mass is 10.0. The van der Waals surface area contributed by atoms with Crippen LogP contribution in [-0.4, -0.2) is 71.3 Å². The van der Waals surface area contributed by atoms with Gasteiger partial charge in [0, 0.05) is 47.4 Å². The van der Waals surface area contributed by atoms with Crippen LogP contribution in [0.15, 0.2) is 72.9 Å². The molecule has 1 amide bonds. The summed E-state index contributed by atoms with van der Waals surface area (Å²) in [6, 6.07) is 21.3. The molecule has 0 radical (unpaired) electrons. The van der Waals surface area contributed by atoms with Gasteiger partial charge in [-0.25, -0.2) is 4.79 Å². The van der Waals surface area contributed by atoms with Crippen LogP contribution in [0.3, 0.4) is 0 Å². The number of benzene rings is 3. The van der Waals surface area contributed by atoms with E-state index in [1.54, 1.807) is 7.11 Å². The van der Waals surface area contributed by atoms with Gasteiger partial charge < -0.3 is 19.9 Å². The van der Waals surface area contributed by atoms with E-state index < -0.39 is 12.1 Å². The zero-order valence-electron chi connectivity index (χ0n) is 23.2. The van der Waals surface area contributed by atoms with Gasteiger partial charge in [0.15, 0.2) is 0 Å². The summed E-state index contributed by atoms with van der Waals surface area (Å²) in [6.45, 7) is 4.18. The van der Waals surface area contributed by atoms with Crippen molar-refractivity contribution in [2.45, 2.75) is 25.3 Å². The maximum atomic E-state index is 12.8. The number of aromatic nitrogens is 2. The van der Waals surface area contributed by atoms with Crippen molar-refractivity contribution in [2.75, 3.05) is 33.4 Å². The molecule has 1 unspecified atom stereocenters. The van der Waals surface area contributed by atoms with Crippen molar-refractivity contribution >= 4 is 34.4 Å². The van der Waals surface area contributed by atoms with E-state index in [1.807, 2.05) is 71.5 Å². The summed E-state index contributed by atoms with van der Waals surface area (Å²) in [4.78, 5) is 24.1. The summed E-state index contributed by atoms with van der Waals surface area (Å²) >= 11 is 6.05. The number of ether oxygens (including phenoxy) is 2. The van der Waals surface area contributed by atoms with Gasteiger partial charge in [0.2, 0.25) is 0 Å². The number of fused-ring (bicyclic) bond motifs is 1. The first-order chi connectivity index (χ1) is 20.5. The quantitative estimate of drug-likeness (QED) is 0.275. The smallest absolute Gasteiger partial charge is 0.490 e. The lowest BCUT2D eigenvalue weighted by Gasteiger charge is -2.35. The van der Waals surface area contributed by atoms with E-state index in [-0.39, 0.29) is 11.9 Å². The molecule has 1 aromatic heterocycles. The minimum Gasteiger partial charge on any atom is -0.496 e. The Kier molecular flexibility index (Phi) is 10.6. The Labute approximate surface area is 250 Å². The van der Waals surface area contributed by atoms with Crippen LogP contribution in [0.5, 0.6) is 5.75 Å². The molecule has 0 saturated carbocycles. The van der Waals surface area contributed by atoms with Crippen molar-refractivity contribution in [1.29, 1.82) is 0 Å². The molecule has 0 spiro atoms. The van der Waals surface area contributed by atoms with E-state index in [4.69, 9.17) is 36.1 Å². The molecule has 5 rings (SSSR count). The van der Waals surface area contributed by atoms with Gasteiger partial charge in [0.05, 0.1) is 38.4 Å². The third-order valence-electron chi connectivity index (χ3n) is 6.75. The lowest BCUT2D eigenvalue weighted by Crippen LogP contribution is -2.40. The number of para-hydroxylation sites is 1.